The molecule has 3 rings (SSSR count). The molecular formula is C16H24N6O2S. The number of nitrogens with zero attached hydrogens (tertiary/aromatic N) is 5. The SMILES string of the molecule is Cc1cnc(NC2CCN(S(C)(=O)=O)CC2)nc1-c1ncn(C)c1C. The van der Waals surface area contributed by atoms with E-state index in [-0.39, 0.29) is 6.04 Å². The van der Waals surface area contributed by atoms with Crippen molar-refractivity contribution < 1.29 is 8.42 Å². The van der Waals surface area contributed by atoms with E-state index < -0.39 is 10.0 Å². The summed E-state index contributed by atoms with van der Waals surface area (Å²) in [7, 11) is -1.15. The van der Waals surface area contributed by atoms with Gasteiger partial charge in [-0.2, -0.15) is 0 Å². The molecule has 0 radical (unpaired) electrons. The van der Waals surface area contributed by atoms with Crippen molar-refractivity contribution in [1.29, 1.82) is 0 Å². The molecule has 1 N–H and O–H groups in total. The number of piperidine rings is 1. The highest BCUT2D eigenvalue weighted by Crippen LogP contribution is 2.24. The zero-order chi connectivity index (χ0) is 18.2. The van der Waals surface area contributed by atoms with Crippen LogP contribution in [0.2, 0.25) is 0 Å². The standard InChI is InChI=1S/C16H24N6O2S/c1-11-9-17-16(20-14(11)15-12(2)21(3)10-18-15)19-13-5-7-22(8-6-13)25(4,23)24/h9-10,13H,5-8H2,1-4H3,(H,17,19,20). The second kappa shape index (κ2) is 6.72. The molecule has 0 aliphatic carbocycles. The molecule has 0 aromatic carbocycles. The summed E-state index contributed by atoms with van der Waals surface area (Å²) >= 11 is 0. The molecule has 0 spiro atoms. The van der Waals surface area contributed by atoms with Crippen LogP contribution in [0.15, 0.2) is 12.5 Å². The third-order valence-corrected chi connectivity index (χ3v) is 5.99. The number of sulfonamides is 1. The first kappa shape index (κ1) is 17.8. The topological polar surface area (TPSA) is 93.0 Å². The molecule has 1 fully saturated rings. The Hall–Kier alpha value is -2.00. The molecule has 0 atom stereocenters. The average molecular weight is 364 g/mol. The quantitative estimate of drug-likeness (QED) is 0.880. The third kappa shape index (κ3) is 3.82. The Morgan fingerprint density at radius 3 is 2.40 bits per heavy atom. The summed E-state index contributed by atoms with van der Waals surface area (Å²) in [5, 5.41) is 3.34. The molecular weight excluding hydrogens is 340 g/mol. The van der Waals surface area contributed by atoms with Gasteiger partial charge in [-0.25, -0.2) is 27.7 Å². The number of rotatable bonds is 4. The Labute approximate surface area is 148 Å². The maximum Gasteiger partial charge on any atom is 0.223 e. The summed E-state index contributed by atoms with van der Waals surface area (Å²) < 4.78 is 26.7. The first-order valence-corrected chi connectivity index (χ1v) is 10.1. The first-order valence-electron chi connectivity index (χ1n) is 8.29. The predicted octanol–water partition coefficient (Wildman–Crippen LogP) is 1.33. The van der Waals surface area contributed by atoms with E-state index >= 15 is 0 Å². The van der Waals surface area contributed by atoms with Crippen molar-refractivity contribution >= 4 is 16.0 Å². The van der Waals surface area contributed by atoms with Gasteiger partial charge < -0.3 is 9.88 Å². The van der Waals surface area contributed by atoms with Crippen molar-refractivity contribution in [3.8, 4) is 11.4 Å². The highest BCUT2D eigenvalue weighted by molar-refractivity contribution is 7.88. The van der Waals surface area contributed by atoms with Gasteiger partial charge in [-0.05, 0) is 32.3 Å². The number of anilines is 1. The van der Waals surface area contributed by atoms with E-state index in [1.165, 1.54) is 10.6 Å². The summed E-state index contributed by atoms with van der Waals surface area (Å²) in [6.45, 7) is 5.03. The van der Waals surface area contributed by atoms with E-state index in [0.29, 0.717) is 19.0 Å². The first-order chi connectivity index (χ1) is 11.8. The third-order valence-electron chi connectivity index (χ3n) is 4.68. The van der Waals surface area contributed by atoms with Crippen LogP contribution in [0.25, 0.3) is 11.4 Å². The van der Waals surface area contributed by atoms with Gasteiger partial charge in [-0.15, -0.1) is 0 Å². The van der Waals surface area contributed by atoms with Gasteiger partial charge in [0.05, 0.1) is 18.3 Å². The molecule has 3 heterocycles. The van der Waals surface area contributed by atoms with Crippen LogP contribution in [0.3, 0.4) is 0 Å². The van der Waals surface area contributed by atoms with Gasteiger partial charge in [0.2, 0.25) is 16.0 Å². The maximum absolute atomic E-state index is 11.6. The molecule has 2 aromatic rings. The molecule has 0 unspecified atom stereocenters. The van der Waals surface area contributed by atoms with Crippen molar-refractivity contribution in [3.63, 3.8) is 0 Å². The molecule has 9 heteroatoms. The number of aryl methyl sites for hydroxylation is 2. The Kier molecular flexibility index (Phi) is 4.79. The van der Waals surface area contributed by atoms with Crippen LogP contribution in [0, 0.1) is 13.8 Å². The van der Waals surface area contributed by atoms with Crippen LogP contribution in [0.1, 0.15) is 24.1 Å². The molecule has 1 saturated heterocycles. The molecule has 8 nitrogen and oxygen atoms in total. The molecule has 25 heavy (non-hydrogen) atoms. The number of imidazole rings is 1. The second-order valence-electron chi connectivity index (χ2n) is 6.60. The lowest BCUT2D eigenvalue weighted by atomic mass is 10.1. The molecule has 0 amide bonds. The number of hydrogen-bond donors (Lipinski definition) is 1. The lowest BCUT2D eigenvalue weighted by molar-refractivity contribution is 0.331. The monoisotopic (exact) mass is 364 g/mol. The summed E-state index contributed by atoms with van der Waals surface area (Å²) in [6, 6.07) is 0.165. The van der Waals surface area contributed by atoms with Crippen molar-refractivity contribution in [2.75, 3.05) is 24.7 Å². The smallest absolute Gasteiger partial charge is 0.223 e. The van der Waals surface area contributed by atoms with Crippen LogP contribution in [0.4, 0.5) is 5.95 Å². The largest absolute Gasteiger partial charge is 0.351 e. The van der Waals surface area contributed by atoms with Crippen LogP contribution in [0.5, 0.6) is 0 Å². The van der Waals surface area contributed by atoms with E-state index in [4.69, 9.17) is 0 Å². The van der Waals surface area contributed by atoms with Crippen LogP contribution < -0.4 is 5.32 Å². The van der Waals surface area contributed by atoms with Gasteiger partial charge in [0, 0.05) is 38.1 Å². The highest BCUT2D eigenvalue weighted by atomic mass is 32.2. The molecule has 1 aliphatic heterocycles. The summed E-state index contributed by atoms with van der Waals surface area (Å²) in [4.78, 5) is 13.5. The van der Waals surface area contributed by atoms with E-state index in [1.807, 2.05) is 25.5 Å². The van der Waals surface area contributed by atoms with Crippen LogP contribution in [-0.4, -0.2) is 57.6 Å². The van der Waals surface area contributed by atoms with Gasteiger partial charge in [-0.3, -0.25) is 0 Å². The van der Waals surface area contributed by atoms with Gasteiger partial charge in [-0.1, -0.05) is 0 Å². The molecule has 0 bridgehead atoms. The Balaban J connectivity index is 1.75. The predicted molar refractivity (Wildman–Crippen MR) is 96.8 cm³/mol. The van der Waals surface area contributed by atoms with Gasteiger partial charge in [0.15, 0.2) is 0 Å². The number of hydrogen-bond acceptors (Lipinski definition) is 6. The van der Waals surface area contributed by atoms with Crippen molar-refractivity contribution in [2.45, 2.75) is 32.7 Å². The van der Waals surface area contributed by atoms with E-state index in [1.54, 1.807) is 12.5 Å². The number of aromatic nitrogens is 4. The zero-order valence-electron chi connectivity index (χ0n) is 15.0. The second-order valence-corrected chi connectivity index (χ2v) is 8.58. The minimum Gasteiger partial charge on any atom is -0.351 e. The molecule has 2 aromatic heterocycles. The van der Waals surface area contributed by atoms with Crippen LogP contribution in [-0.2, 0) is 17.1 Å². The maximum atomic E-state index is 11.6. The van der Waals surface area contributed by atoms with Crippen molar-refractivity contribution in [1.82, 2.24) is 23.8 Å². The zero-order valence-corrected chi connectivity index (χ0v) is 15.8. The van der Waals surface area contributed by atoms with Gasteiger partial charge in [0.25, 0.3) is 0 Å². The van der Waals surface area contributed by atoms with Gasteiger partial charge >= 0.3 is 0 Å². The summed E-state index contributed by atoms with van der Waals surface area (Å²) in [5.41, 5.74) is 3.70. The Bertz CT molecular complexity index is 869. The molecule has 136 valence electrons. The molecule has 0 saturated carbocycles. The minimum absolute atomic E-state index is 0.165. The summed E-state index contributed by atoms with van der Waals surface area (Å²) in [5.74, 6) is 0.559. The Morgan fingerprint density at radius 1 is 1.16 bits per heavy atom. The minimum atomic E-state index is -3.11. The molecule has 1 aliphatic rings. The summed E-state index contributed by atoms with van der Waals surface area (Å²) in [6.07, 6.45) is 6.31. The fourth-order valence-electron chi connectivity index (χ4n) is 2.99. The fourth-order valence-corrected chi connectivity index (χ4v) is 3.86. The number of nitrogens with one attached hydrogen (secondary N) is 1. The van der Waals surface area contributed by atoms with E-state index in [0.717, 1.165) is 35.5 Å². The van der Waals surface area contributed by atoms with Gasteiger partial charge in [0.1, 0.15) is 5.69 Å². The van der Waals surface area contributed by atoms with E-state index in [9.17, 15) is 8.42 Å². The lowest BCUT2D eigenvalue weighted by Gasteiger charge is -2.30. The van der Waals surface area contributed by atoms with Crippen molar-refractivity contribution in [2.24, 2.45) is 7.05 Å². The van der Waals surface area contributed by atoms with E-state index in [2.05, 4.69) is 20.3 Å². The fraction of sp³-hybridized carbons (Fsp3) is 0.562. The van der Waals surface area contributed by atoms with Crippen molar-refractivity contribution in [3.05, 3.63) is 23.8 Å². The highest BCUT2D eigenvalue weighted by Gasteiger charge is 2.25. The Morgan fingerprint density at radius 2 is 1.84 bits per heavy atom. The normalized spacial score (nSPS) is 17.0. The average Bonchev–Trinajstić information content (AvgIpc) is 2.88. The van der Waals surface area contributed by atoms with Crippen LogP contribution >= 0.6 is 0 Å². The lowest BCUT2D eigenvalue weighted by Crippen LogP contribution is -2.42.